The number of halogens is 1. The van der Waals surface area contributed by atoms with Crippen LogP contribution >= 0.6 is 11.6 Å². The fourth-order valence-electron chi connectivity index (χ4n) is 1.64. The molecule has 2 rings (SSSR count). The molecule has 0 amide bonds. The molecule has 0 saturated carbocycles. The fraction of sp³-hybridized carbons (Fsp3) is 0.118. The highest BCUT2D eigenvalue weighted by Crippen LogP contribution is 2.11. The first kappa shape index (κ1) is 13.4. The van der Waals surface area contributed by atoms with Crippen molar-refractivity contribution in [3.63, 3.8) is 0 Å². The summed E-state index contributed by atoms with van der Waals surface area (Å²) in [6.07, 6.45) is 0.998. The van der Waals surface area contributed by atoms with Gasteiger partial charge < -0.3 is 0 Å². The van der Waals surface area contributed by atoms with Crippen molar-refractivity contribution in [3.8, 4) is 11.8 Å². The number of ketones is 1. The van der Waals surface area contributed by atoms with Crippen LogP contribution in [0.4, 0.5) is 0 Å². The quantitative estimate of drug-likeness (QED) is 0.597. The van der Waals surface area contributed by atoms with Crippen LogP contribution in [0.1, 0.15) is 28.8 Å². The molecular formula is C17H13ClO. The molecule has 0 spiro atoms. The Balaban J connectivity index is 1.88. The van der Waals surface area contributed by atoms with Crippen molar-refractivity contribution in [1.82, 2.24) is 0 Å². The highest BCUT2D eigenvalue weighted by molar-refractivity contribution is 6.30. The highest BCUT2D eigenvalue weighted by Gasteiger charge is 2.03. The lowest BCUT2D eigenvalue weighted by Crippen LogP contribution is -1.97. The molecule has 0 bridgehead atoms. The number of benzene rings is 2. The van der Waals surface area contributed by atoms with Crippen molar-refractivity contribution >= 4 is 17.4 Å². The molecule has 0 atom stereocenters. The third kappa shape index (κ3) is 4.28. The molecule has 0 aromatic heterocycles. The van der Waals surface area contributed by atoms with Gasteiger partial charge in [-0.3, -0.25) is 4.79 Å². The molecule has 2 heteroatoms. The summed E-state index contributed by atoms with van der Waals surface area (Å²) in [7, 11) is 0. The van der Waals surface area contributed by atoms with Crippen LogP contribution in [0.3, 0.4) is 0 Å². The number of rotatable bonds is 3. The zero-order valence-electron chi connectivity index (χ0n) is 10.4. The average Bonchev–Trinajstić information content (AvgIpc) is 2.45. The lowest BCUT2D eigenvalue weighted by molar-refractivity contribution is 0.0984. The summed E-state index contributed by atoms with van der Waals surface area (Å²) in [4.78, 5) is 11.9. The van der Waals surface area contributed by atoms with Gasteiger partial charge in [-0.05, 0) is 36.4 Å². The second-order valence-corrected chi connectivity index (χ2v) is 4.53. The topological polar surface area (TPSA) is 17.1 Å². The minimum absolute atomic E-state index is 0.0963. The van der Waals surface area contributed by atoms with Gasteiger partial charge in [-0.25, -0.2) is 0 Å². The van der Waals surface area contributed by atoms with Crippen LogP contribution in [0.2, 0.25) is 5.02 Å². The fourth-order valence-corrected chi connectivity index (χ4v) is 1.77. The van der Waals surface area contributed by atoms with Gasteiger partial charge in [0.15, 0.2) is 5.78 Å². The van der Waals surface area contributed by atoms with Crippen LogP contribution in [0.5, 0.6) is 0 Å². The predicted molar refractivity (Wildman–Crippen MR) is 78.3 cm³/mol. The summed E-state index contributed by atoms with van der Waals surface area (Å²) in [5.74, 6) is 6.15. The maximum atomic E-state index is 11.9. The normalized spacial score (nSPS) is 9.53. The van der Waals surface area contributed by atoms with Crippen molar-refractivity contribution in [2.45, 2.75) is 12.8 Å². The van der Waals surface area contributed by atoms with E-state index in [0.29, 0.717) is 23.4 Å². The Labute approximate surface area is 118 Å². The van der Waals surface area contributed by atoms with E-state index in [0.717, 1.165) is 5.56 Å². The van der Waals surface area contributed by atoms with E-state index in [2.05, 4.69) is 11.8 Å². The number of hydrogen-bond acceptors (Lipinski definition) is 1. The SMILES string of the molecule is O=C(CCC#Cc1ccccc1)c1ccc(Cl)cc1. The van der Waals surface area contributed by atoms with Gasteiger partial charge in [-0.1, -0.05) is 41.6 Å². The van der Waals surface area contributed by atoms with Crippen LogP contribution in [-0.2, 0) is 0 Å². The van der Waals surface area contributed by atoms with Crippen molar-refractivity contribution in [2.24, 2.45) is 0 Å². The first-order valence-electron chi connectivity index (χ1n) is 6.08. The molecule has 19 heavy (non-hydrogen) atoms. The van der Waals surface area contributed by atoms with Crippen LogP contribution in [-0.4, -0.2) is 5.78 Å². The Morgan fingerprint density at radius 3 is 2.37 bits per heavy atom. The molecule has 0 aliphatic heterocycles. The first-order valence-corrected chi connectivity index (χ1v) is 6.46. The largest absolute Gasteiger partial charge is 0.294 e. The molecule has 0 unspecified atom stereocenters. The number of hydrogen-bond donors (Lipinski definition) is 0. The Kier molecular flexibility index (Phi) is 4.78. The van der Waals surface area contributed by atoms with E-state index in [1.54, 1.807) is 24.3 Å². The van der Waals surface area contributed by atoms with Gasteiger partial charge in [0.2, 0.25) is 0 Å². The van der Waals surface area contributed by atoms with E-state index < -0.39 is 0 Å². The van der Waals surface area contributed by atoms with E-state index in [9.17, 15) is 4.79 Å². The summed E-state index contributed by atoms with van der Waals surface area (Å²) < 4.78 is 0. The minimum Gasteiger partial charge on any atom is -0.294 e. The van der Waals surface area contributed by atoms with Crippen molar-refractivity contribution in [1.29, 1.82) is 0 Å². The van der Waals surface area contributed by atoms with Crippen LogP contribution in [0.25, 0.3) is 0 Å². The monoisotopic (exact) mass is 268 g/mol. The zero-order valence-corrected chi connectivity index (χ0v) is 11.2. The third-order valence-corrected chi connectivity index (χ3v) is 2.90. The maximum Gasteiger partial charge on any atom is 0.163 e. The summed E-state index contributed by atoms with van der Waals surface area (Å²) in [6, 6.07) is 16.7. The minimum atomic E-state index is 0.0963. The smallest absolute Gasteiger partial charge is 0.163 e. The Morgan fingerprint density at radius 2 is 1.68 bits per heavy atom. The van der Waals surface area contributed by atoms with Gasteiger partial charge in [0, 0.05) is 29.0 Å². The van der Waals surface area contributed by atoms with E-state index in [4.69, 9.17) is 11.6 Å². The Hall–Kier alpha value is -2.04. The summed E-state index contributed by atoms with van der Waals surface area (Å²) >= 11 is 5.78. The van der Waals surface area contributed by atoms with Crippen LogP contribution in [0.15, 0.2) is 54.6 Å². The Morgan fingerprint density at radius 1 is 1.00 bits per heavy atom. The summed E-state index contributed by atoms with van der Waals surface area (Å²) in [6.45, 7) is 0. The molecule has 0 fully saturated rings. The van der Waals surface area contributed by atoms with Crippen molar-refractivity contribution in [3.05, 3.63) is 70.7 Å². The van der Waals surface area contributed by atoms with Crippen molar-refractivity contribution in [2.75, 3.05) is 0 Å². The number of carbonyl (C=O) groups excluding carboxylic acids is 1. The van der Waals surface area contributed by atoms with Gasteiger partial charge in [0.1, 0.15) is 0 Å². The van der Waals surface area contributed by atoms with E-state index in [1.165, 1.54) is 0 Å². The molecule has 0 heterocycles. The molecule has 0 aliphatic rings. The molecule has 0 N–H and O–H groups in total. The lowest BCUT2D eigenvalue weighted by atomic mass is 10.1. The zero-order chi connectivity index (χ0) is 13.5. The summed E-state index contributed by atoms with van der Waals surface area (Å²) in [5, 5.41) is 0.639. The lowest BCUT2D eigenvalue weighted by Gasteiger charge is -1.98. The molecule has 1 nitrogen and oxygen atoms in total. The molecule has 0 saturated heterocycles. The molecule has 0 aliphatic carbocycles. The van der Waals surface area contributed by atoms with Crippen LogP contribution in [0, 0.1) is 11.8 Å². The van der Waals surface area contributed by atoms with Gasteiger partial charge in [0.25, 0.3) is 0 Å². The number of carbonyl (C=O) groups is 1. The average molecular weight is 269 g/mol. The van der Waals surface area contributed by atoms with Crippen LogP contribution < -0.4 is 0 Å². The molecular weight excluding hydrogens is 256 g/mol. The second-order valence-electron chi connectivity index (χ2n) is 4.10. The first-order chi connectivity index (χ1) is 9.25. The number of Topliss-reactive ketones (excluding diaryl/α,β-unsaturated/α-hetero) is 1. The predicted octanol–water partition coefficient (Wildman–Crippen LogP) is 4.35. The third-order valence-electron chi connectivity index (χ3n) is 2.65. The van der Waals surface area contributed by atoms with E-state index in [1.807, 2.05) is 30.3 Å². The van der Waals surface area contributed by atoms with E-state index >= 15 is 0 Å². The molecule has 2 aromatic rings. The van der Waals surface area contributed by atoms with Gasteiger partial charge >= 0.3 is 0 Å². The molecule has 94 valence electrons. The molecule has 2 aromatic carbocycles. The van der Waals surface area contributed by atoms with Gasteiger partial charge in [0.05, 0.1) is 0 Å². The summed E-state index contributed by atoms with van der Waals surface area (Å²) in [5.41, 5.74) is 1.66. The van der Waals surface area contributed by atoms with Crippen molar-refractivity contribution < 1.29 is 4.79 Å². The highest BCUT2D eigenvalue weighted by atomic mass is 35.5. The van der Waals surface area contributed by atoms with Gasteiger partial charge in [-0.15, -0.1) is 0 Å². The second kappa shape index (κ2) is 6.78. The van der Waals surface area contributed by atoms with E-state index in [-0.39, 0.29) is 5.78 Å². The van der Waals surface area contributed by atoms with Gasteiger partial charge in [-0.2, -0.15) is 0 Å². The Bertz CT molecular complexity index is 603. The standard InChI is InChI=1S/C17H13ClO/c18-16-12-10-15(11-13-16)17(19)9-5-4-8-14-6-2-1-3-7-14/h1-3,6-7,10-13H,5,9H2. The molecule has 0 radical (unpaired) electrons. The maximum absolute atomic E-state index is 11.9.